The highest BCUT2D eigenvalue weighted by atomic mass is 19.1. The van der Waals surface area contributed by atoms with Gasteiger partial charge in [0, 0.05) is 43.1 Å². The van der Waals surface area contributed by atoms with Crippen molar-refractivity contribution in [3.05, 3.63) is 53.4 Å². The van der Waals surface area contributed by atoms with E-state index < -0.39 is 0 Å². The predicted molar refractivity (Wildman–Crippen MR) is 93.2 cm³/mol. The van der Waals surface area contributed by atoms with Gasteiger partial charge in [-0.2, -0.15) is 0 Å². The molecule has 5 nitrogen and oxygen atoms in total. The Kier molecular flexibility index (Phi) is 4.34. The third kappa shape index (κ3) is 3.21. The molecule has 1 aromatic carbocycles. The Morgan fingerprint density at radius 2 is 1.68 bits per heavy atom. The molecule has 25 heavy (non-hydrogen) atoms. The van der Waals surface area contributed by atoms with Gasteiger partial charge < -0.3 is 9.80 Å². The number of anilines is 1. The fourth-order valence-corrected chi connectivity index (χ4v) is 3.67. The minimum atomic E-state index is -0.230. The largest absolute Gasteiger partial charge is 0.368 e. The van der Waals surface area contributed by atoms with Crippen LogP contribution in [0.2, 0.25) is 0 Å². The summed E-state index contributed by atoms with van der Waals surface area (Å²) in [6.45, 7) is 2.78. The highest BCUT2D eigenvalue weighted by Crippen LogP contribution is 2.23. The predicted octanol–water partition coefficient (Wildman–Crippen LogP) is 2.46. The van der Waals surface area contributed by atoms with Gasteiger partial charge in [-0.05, 0) is 49.9 Å². The average molecular weight is 340 g/mol. The van der Waals surface area contributed by atoms with Crippen LogP contribution in [0.3, 0.4) is 0 Å². The van der Waals surface area contributed by atoms with E-state index in [1.807, 2.05) is 4.90 Å². The van der Waals surface area contributed by atoms with E-state index in [0.717, 1.165) is 55.7 Å². The number of halogens is 1. The Morgan fingerprint density at radius 1 is 0.960 bits per heavy atom. The van der Waals surface area contributed by atoms with Gasteiger partial charge >= 0.3 is 0 Å². The molecule has 1 aliphatic heterocycles. The number of carbonyl (C=O) groups is 1. The SMILES string of the molecule is O=C(c1ncnc2c1CCCC2)N1CCN(c2ccc(F)cc2)CC1. The molecule has 1 saturated heterocycles. The number of fused-ring (bicyclic) bond motifs is 1. The Balaban J connectivity index is 1.46. The lowest BCUT2D eigenvalue weighted by atomic mass is 9.94. The van der Waals surface area contributed by atoms with Crippen molar-refractivity contribution >= 4 is 11.6 Å². The van der Waals surface area contributed by atoms with Crippen molar-refractivity contribution < 1.29 is 9.18 Å². The fourth-order valence-electron chi connectivity index (χ4n) is 3.67. The van der Waals surface area contributed by atoms with Gasteiger partial charge in [-0.15, -0.1) is 0 Å². The lowest BCUT2D eigenvalue weighted by molar-refractivity contribution is 0.0739. The number of aromatic nitrogens is 2. The van der Waals surface area contributed by atoms with Gasteiger partial charge in [0.05, 0.1) is 0 Å². The number of rotatable bonds is 2. The smallest absolute Gasteiger partial charge is 0.272 e. The molecule has 2 heterocycles. The van der Waals surface area contributed by atoms with Crippen LogP contribution in [0.15, 0.2) is 30.6 Å². The molecule has 1 aromatic heterocycles. The number of aryl methyl sites for hydroxylation is 1. The van der Waals surface area contributed by atoms with Gasteiger partial charge in [0.25, 0.3) is 5.91 Å². The number of nitrogens with zero attached hydrogens (tertiary/aromatic N) is 4. The molecule has 0 N–H and O–H groups in total. The van der Waals surface area contributed by atoms with E-state index in [-0.39, 0.29) is 11.7 Å². The van der Waals surface area contributed by atoms with Crippen LogP contribution in [0.4, 0.5) is 10.1 Å². The molecule has 2 aliphatic rings. The second-order valence-corrected chi connectivity index (χ2v) is 6.61. The molecule has 1 fully saturated rings. The van der Waals surface area contributed by atoms with Crippen LogP contribution in [0.5, 0.6) is 0 Å². The van der Waals surface area contributed by atoms with Crippen LogP contribution in [-0.2, 0) is 12.8 Å². The third-order valence-electron chi connectivity index (χ3n) is 5.09. The molecule has 0 radical (unpaired) electrons. The summed E-state index contributed by atoms with van der Waals surface area (Å²) >= 11 is 0. The molecule has 0 spiro atoms. The fraction of sp³-hybridized carbons (Fsp3) is 0.421. The summed E-state index contributed by atoms with van der Waals surface area (Å²) in [4.78, 5) is 25.6. The molecule has 0 bridgehead atoms. The molecular weight excluding hydrogens is 319 g/mol. The number of amides is 1. The topological polar surface area (TPSA) is 49.3 Å². The lowest BCUT2D eigenvalue weighted by Crippen LogP contribution is -2.49. The first-order valence-corrected chi connectivity index (χ1v) is 8.85. The van der Waals surface area contributed by atoms with Crippen LogP contribution in [0.25, 0.3) is 0 Å². The second kappa shape index (κ2) is 6.78. The van der Waals surface area contributed by atoms with E-state index in [1.54, 1.807) is 12.1 Å². The summed E-state index contributed by atoms with van der Waals surface area (Å²) in [7, 11) is 0. The summed E-state index contributed by atoms with van der Waals surface area (Å²) in [6, 6.07) is 6.52. The first-order chi connectivity index (χ1) is 12.2. The zero-order valence-corrected chi connectivity index (χ0v) is 14.1. The number of hydrogen-bond donors (Lipinski definition) is 0. The van der Waals surface area contributed by atoms with Crippen LogP contribution < -0.4 is 4.90 Å². The Hall–Kier alpha value is -2.50. The van der Waals surface area contributed by atoms with Crippen molar-refractivity contribution in [1.29, 1.82) is 0 Å². The van der Waals surface area contributed by atoms with E-state index in [1.165, 1.54) is 18.5 Å². The van der Waals surface area contributed by atoms with E-state index in [2.05, 4.69) is 14.9 Å². The van der Waals surface area contributed by atoms with Gasteiger partial charge in [-0.1, -0.05) is 0 Å². The molecule has 1 aliphatic carbocycles. The number of piperazine rings is 1. The maximum absolute atomic E-state index is 13.1. The Labute approximate surface area is 146 Å². The summed E-state index contributed by atoms with van der Waals surface area (Å²) in [5.74, 6) is -0.217. The second-order valence-electron chi connectivity index (χ2n) is 6.61. The van der Waals surface area contributed by atoms with Gasteiger partial charge in [0.1, 0.15) is 17.8 Å². The van der Waals surface area contributed by atoms with E-state index in [4.69, 9.17) is 0 Å². The maximum atomic E-state index is 13.1. The standard InChI is InChI=1S/C19H21FN4O/c20-14-5-7-15(8-6-14)23-9-11-24(12-10-23)19(25)18-16-3-1-2-4-17(16)21-13-22-18/h5-8,13H,1-4,9-12H2. The van der Waals surface area contributed by atoms with Crippen molar-refractivity contribution in [2.75, 3.05) is 31.1 Å². The van der Waals surface area contributed by atoms with Crippen LogP contribution in [0, 0.1) is 5.82 Å². The van der Waals surface area contributed by atoms with Crippen LogP contribution in [-0.4, -0.2) is 47.0 Å². The van der Waals surface area contributed by atoms with Crippen molar-refractivity contribution in [2.24, 2.45) is 0 Å². The number of benzene rings is 1. The normalized spacial score (nSPS) is 17.3. The molecule has 130 valence electrons. The maximum Gasteiger partial charge on any atom is 0.272 e. The molecule has 1 amide bonds. The van der Waals surface area contributed by atoms with E-state index in [9.17, 15) is 9.18 Å². The molecule has 2 aromatic rings. The Bertz CT molecular complexity index is 769. The first-order valence-electron chi connectivity index (χ1n) is 8.85. The molecule has 0 unspecified atom stereocenters. The highest BCUT2D eigenvalue weighted by Gasteiger charge is 2.27. The molecule has 0 saturated carbocycles. The third-order valence-corrected chi connectivity index (χ3v) is 5.09. The number of hydrogen-bond acceptors (Lipinski definition) is 4. The van der Waals surface area contributed by atoms with Gasteiger partial charge in [-0.3, -0.25) is 4.79 Å². The van der Waals surface area contributed by atoms with Crippen molar-refractivity contribution in [3.63, 3.8) is 0 Å². The summed E-state index contributed by atoms with van der Waals surface area (Å²) in [5, 5.41) is 0. The summed E-state index contributed by atoms with van der Waals surface area (Å²) in [6.07, 6.45) is 5.59. The zero-order chi connectivity index (χ0) is 17.2. The lowest BCUT2D eigenvalue weighted by Gasteiger charge is -2.36. The summed E-state index contributed by atoms with van der Waals surface area (Å²) in [5.41, 5.74) is 3.65. The summed E-state index contributed by atoms with van der Waals surface area (Å²) < 4.78 is 13.1. The van der Waals surface area contributed by atoms with E-state index >= 15 is 0 Å². The minimum Gasteiger partial charge on any atom is -0.368 e. The minimum absolute atomic E-state index is 0.0132. The quantitative estimate of drug-likeness (QED) is 0.843. The number of carbonyl (C=O) groups excluding carboxylic acids is 1. The van der Waals surface area contributed by atoms with Crippen molar-refractivity contribution in [3.8, 4) is 0 Å². The molecule has 6 heteroatoms. The average Bonchev–Trinajstić information content (AvgIpc) is 2.68. The molecule has 0 atom stereocenters. The van der Waals surface area contributed by atoms with E-state index in [0.29, 0.717) is 18.8 Å². The van der Waals surface area contributed by atoms with Gasteiger partial charge in [-0.25, -0.2) is 14.4 Å². The zero-order valence-electron chi connectivity index (χ0n) is 14.1. The van der Waals surface area contributed by atoms with Gasteiger partial charge in [0.15, 0.2) is 0 Å². The highest BCUT2D eigenvalue weighted by molar-refractivity contribution is 5.94. The van der Waals surface area contributed by atoms with Crippen LogP contribution >= 0.6 is 0 Å². The molecule has 4 rings (SSSR count). The van der Waals surface area contributed by atoms with Crippen molar-refractivity contribution in [1.82, 2.24) is 14.9 Å². The van der Waals surface area contributed by atoms with Crippen LogP contribution in [0.1, 0.15) is 34.6 Å². The van der Waals surface area contributed by atoms with Crippen molar-refractivity contribution in [2.45, 2.75) is 25.7 Å². The first kappa shape index (κ1) is 16.0. The van der Waals surface area contributed by atoms with Gasteiger partial charge in [0.2, 0.25) is 0 Å². The Morgan fingerprint density at radius 3 is 2.44 bits per heavy atom. The monoisotopic (exact) mass is 340 g/mol. The molecular formula is C19H21FN4O.